The molecular weight excluding hydrogens is 422 g/mol. The summed E-state index contributed by atoms with van der Waals surface area (Å²) in [5.41, 5.74) is 9.53. The molecule has 168 valence electrons. The van der Waals surface area contributed by atoms with Gasteiger partial charge in [-0.25, -0.2) is 19.9 Å². The van der Waals surface area contributed by atoms with Crippen molar-refractivity contribution in [2.75, 3.05) is 18.8 Å². The summed E-state index contributed by atoms with van der Waals surface area (Å²) < 4.78 is 7.39. The molecule has 1 aliphatic heterocycles. The van der Waals surface area contributed by atoms with E-state index >= 15 is 0 Å². The Kier molecular flexibility index (Phi) is 5.33. The number of hydrogen-bond donors (Lipinski definition) is 1. The van der Waals surface area contributed by atoms with E-state index in [1.165, 1.54) is 12.5 Å². The van der Waals surface area contributed by atoms with Crippen LogP contribution in [0.15, 0.2) is 41.4 Å². The molecule has 1 aliphatic rings. The first kappa shape index (κ1) is 20.8. The van der Waals surface area contributed by atoms with Crippen LogP contribution in [-0.2, 0) is 4.79 Å². The molecule has 10 heteroatoms. The number of fused-ring (bicyclic) bond motifs is 1. The summed E-state index contributed by atoms with van der Waals surface area (Å²) in [5.74, 6) is 0.212. The Morgan fingerprint density at radius 3 is 2.85 bits per heavy atom. The number of nitrogens with zero attached hydrogens (tertiary/aromatic N) is 6. The van der Waals surface area contributed by atoms with Gasteiger partial charge in [-0.2, -0.15) is 0 Å². The first-order chi connectivity index (χ1) is 16.0. The fourth-order valence-corrected chi connectivity index (χ4v) is 4.08. The number of Topliss-reactive ketones (excluding diaryl/α,β-unsaturated/α-hetero) is 1. The van der Waals surface area contributed by atoms with Crippen LogP contribution in [0.2, 0.25) is 0 Å². The third-order valence-corrected chi connectivity index (χ3v) is 5.79. The summed E-state index contributed by atoms with van der Waals surface area (Å²) in [6.45, 7) is 3.25. The fourth-order valence-electron chi connectivity index (χ4n) is 4.08. The summed E-state index contributed by atoms with van der Waals surface area (Å²) in [4.78, 5) is 44.2. The highest BCUT2D eigenvalue weighted by Gasteiger charge is 2.23. The Hall–Kier alpha value is -4.08. The number of aromatic nitrogens is 5. The minimum absolute atomic E-state index is 0.0223. The van der Waals surface area contributed by atoms with Gasteiger partial charge in [-0.1, -0.05) is 0 Å². The predicted molar refractivity (Wildman–Crippen MR) is 120 cm³/mol. The number of pyridine rings is 1. The molecule has 2 N–H and O–H groups in total. The van der Waals surface area contributed by atoms with Crippen LogP contribution in [0.3, 0.4) is 0 Å². The molecule has 0 aliphatic carbocycles. The zero-order valence-electron chi connectivity index (χ0n) is 18.2. The van der Waals surface area contributed by atoms with Crippen LogP contribution in [0.4, 0.5) is 5.82 Å². The van der Waals surface area contributed by atoms with Crippen LogP contribution >= 0.6 is 0 Å². The number of carbonyl (C=O) groups is 2. The molecule has 1 saturated heterocycles. The van der Waals surface area contributed by atoms with E-state index in [4.69, 9.17) is 10.2 Å². The van der Waals surface area contributed by atoms with Crippen molar-refractivity contribution in [1.82, 2.24) is 29.2 Å². The molecule has 4 aromatic heterocycles. The van der Waals surface area contributed by atoms with Crippen LogP contribution in [0.1, 0.15) is 41.9 Å². The second-order valence-electron chi connectivity index (χ2n) is 8.05. The van der Waals surface area contributed by atoms with Crippen molar-refractivity contribution < 1.29 is 14.0 Å². The highest BCUT2D eigenvalue weighted by atomic mass is 16.3. The van der Waals surface area contributed by atoms with Gasteiger partial charge in [-0.3, -0.25) is 9.59 Å². The normalized spacial score (nSPS) is 13.8. The Morgan fingerprint density at radius 1 is 1.21 bits per heavy atom. The van der Waals surface area contributed by atoms with Crippen molar-refractivity contribution in [3.05, 3.63) is 48.4 Å². The number of carbonyl (C=O) groups excluding carboxylic acids is 2. The number of aryl methyl sites for hydroxylation is 1. The van der Waals surface area contributed by atoms with Crippen LogP contribution in [-0.4, -0.2) is 54.0 Å². The third-order valence-electron chi connectivity index (χ3n) is 5.79. The van der Waals surface area contributed by atoms with Gasteiger partial charge in [0.1, 0.15) is 23.3 Å². The lowest BCUT2D eigenvalue weighted by Crippen LogP contribution is -2.26. The number of oxazole rings is 1. The summed E-state index contributed by atoms with van der Waals surface area (Å²) in [7, 11) is 0. The quantitative estimate of drug-likeness (QED) is 0.429. The molecule has 0 aromatic carbocycles. The van der Waals surface area contributed by atoms with Crippen molar-refractivity contribution >= 4 is 23.2 Å². The van der Waals surface area contributed by atoms with Crippen LogP contribution in [0.5, 0.6) is 0 Å². The van der Waals surface area contributed by atoms with E-state index in [0.29, 0.717) is 30.8 Å². The Labute approximate surface area is 189 Å². The third kappa shape index (κ3) is 3.95. The molecule has 5 heterocycles. The molecule has 10 nitrogen and oxygen atoms in total. The molecular formula is C23H23N7O3. The molecule has 0 atom stereocenters. The lowest BCUT2D eigenvalue weighted by atomic mass is 10.1. The van der Waals surface area contributed by atoms with Crippen molar-refractivity contribution in [3.8, 4) is 22.8 Å². The van der Waals surface area contributed by atoms with Gasteiger partial charge in [0.05, 0.1) is 6.20 Å². The van der Waals surface area contributed by atoms with Crippen molar-refractivity contribution in [2.45, 2.75) is 32.6 Å². The Morgan fingerprint density at radius 2 is 2.09 bits per heavy atom. The fraction of sp³-hybridized carbons (Fsp3) is 0.304. The number of amides is 1. The Balaban J connectivity index is 1.49. The number of imidazole rings is 1. The van der Waals surface area contributed by atoms with Gasteiger partial charge in [0, 0.05) is 49.6 Å². The molecule has 0 bridgehead atoms. The van der Waals surface area contributed by atoms with Crippen LogP contribution in [0, 0.1) is 6.92 Å². The number of ketones is 1. The standard InChI is InChI=1S/C23H23N7O3/c1-14-12-26-17-7-6-15(13-30(14)17)19-21(23-25-8-11-33-23)28-22(24)20(27-19)16(31)4-2-9-29-10-3-5-18(29)32/h6-8,11-13H,2-5,9-10H2,1H3,(H2,24,28). The topological polar surface area (TPSA) is 133 Å². The van der Waals surface area contributed by atoms with E-state index in [-0.39, 0.29) is 35.5 Å². The van der Waals surface area contributed by atoms with Gasteiger partial charge in [-0.15, -0.1) is 0 Å². The number of nitrogens with two attached hydrogens (primary N) is 1. The summed E-state index contributed by atoms with van der Waals surface area (Å²) in [6.07, 6.45) is 8.84. The van der Waals surface area contributed by atoms with E-state index in [1.807, 2.05) is 29.7 Å². The smallest absolute Gasteiger partial charge is 0.247 e. The van der Waals surface area contributed by atoms with Gasteiger partial charge in [0.25, 0.3) is 0 Å². The average molecular weight is 445 g/mol. The molecule has 4 aromatic rings. The van der Waals surface area contributed by atoms with E-state index in [9.17, 15) is 9.59 Å². The summed E-state index contributed by atoms with van der Waals surface area (Å²) in [5, 5.41) is 0. The van der Waals surface area contributed by atoms with E-state index in [2.05, 4.69) is 19.9 Å². The second kappa shape index (κ2) is 8.45. The molecule has 1 fully saturated rings. The maximum atomic E-state index is 13.0. The second-order valence-corrected chi connectivity index (χ2v) is 8.05. The maximum absolute atomic E-state index is 13.0. The number of likely N-dealkylation sites (tertiary alicyclic amines) is 1. The largest absolute Gasteiger partial charge is 0.443 e. The number of anilines is 1. The van der Waals surface area contributed by atoms with Crippen molar-refractivity contribution in [1.29, 1.82) is 0 Å². The van der Waals surface area contributed by atoms with E-state index in [1.54, 1.807) is 11.1 Å². The zero-order chi connectivity index (χ0) is 22.9. The van der Waals surface area contributed by atoms with Gasteiger partial charge >= 0.3 is 0 Å². The van der Waals surface area contributed by atoms with Crippen LogP contribution < -0.4 is 5.73 Å². The van der Waals surface area contributed by atoms with Crippen LogP contribution in [0.25, 0.3) is 28.5 Å². The van der Waals surface area contributed by atoms with Gasteiger partial charge < -0.3 is 19.5 Å². The number of hydrogen-bond acceptors (Lipinski definition) is 8. The molecule has 0 saturated carbocycles. The number of nitrogen functional groups attached to an aromatic ring is 1. The SMILES string of the molecule is Cc1cnc2ccc(-c3nc(C(=O)CCCN4CCCC4=O)c(N)nc3-c3ncco3)cn12. The highest BCUT2D eigenvalue weighted by Crippen LogP contribution is 2.31. The predicted octanol–water partition coefficient (Wildman–Crippen LogP) is 2.92. The first-order valence-corrected chi connectivity index (χ1v) is 10.8. The van der Waals surface area contributed by atoms with Gasteiger partial charge in [-0.05, 0) is 31.9 Å². The van der Waals surface area contributed by atoms with Gasteiger partial charge in [0.2, 0.25) is 11.8 Å². The lowest BCUT2D eigenvalue weighted by molar-refractivity contribution is -0.127. The summed E-state index contributed by atoms with van der Waals surface area (Å²) >= 11 is 0. The average Bonchev–Trinajstić information content (AvgIpc) is 3.56. The molecule has 33 heavy (non-hydrogen) atoms. The highest BCUT2D eigenvalue weighted by molar-refractivity contribution is 5.99. The minimum Gasteiger partial charge on any atom is -0.443 e. The zero-order valence-corrected chi connectivity index (χ0v) is 18.2. The lowest BCUT2D eigenvalue weighted by Gasteiger charge is -2.15. The first-order valence-electron chi connectivity index (χ1n) is 10.8. The Bertz CT molecular complexity index is 1340. The van der Waals surface area contributed by atoms with Crippen molar-refractivity contribution in [3.63, 3.8) is 0 Å². The van der Waals surface area contributed by atoms with E-state index < -0.39 is 0 Å². The number of rotatable bonds is 7. The molecule has 1 amide bonds. The van der Waals surface area contributed by atoms with E-state index in [0.717, 1.165) is 29.9 Å². The van der Waals surface area contributed by atoms with Gasteiger partial charge in [0.15, 0.2) is 17.3 Å². The monoisotopic (exact) mass is 445 g/mol. The molecule has 0 spiro atoms. The molecule has 5 rings (SSSR count). The molecule has 0 radical (unpaired) electrons. The minimum atomic E-state index is -0.216. The maximum Gasteiger partial charge on any atom is 0.247 e. The summed E-state index contributed by atoms with van der Waals surface area (Å²) in [6, 6.07) is 3.73. The molecule has 0 unspecified atom stereocenters. The van der Waals surface area contributed by atoms with Crippen molar-refractivity contribution in [2.24, 2.45) is 0 Å².